The number of nitrogens with zero attached hydrogens (tertiary/aromatic N) is 1. The van der Waals surface area contributed by atoms with Crippen LogP contribution in [0.3, 0.4) is 0 Å². The molecule has 0 saturated carbocycles. The van der Waals surface area contributed by atoms with Crippen LogP contribution >= 0.6 is 0 Å². The quantitative estimate of drug-likeness (QED) is 0.356. The van der Waals surface area contributed by atoms with Crippen LogP contribution in [0.25, 0.3) is 0 Å². The predicted molar refractivity (Wildman–Crippen MR) is 145 cm³/mol. The fraction of sp³-hybridized carbons (Fsp3) is 0.423. The highest BCUT2D eigenvalue weighted by Gasteiger charge is 2.49. The molecule has 2 aromatic rings. The van der Waals surface area contributed by atoms with E-state index in [9.17, 15) is 31.2 Å². The lowest BCUT2D eigenvalue weighted by atomic mass is 9.97. The number of ether oxygens (including phenoxy) is 1. The lowest BCUT2D eigenvalue weighted by molar-refractivity contribution is -0.132. The van der Waals surface area contributed by atoms with E-state index in [1.165, 1.54) is 12.1 Å². The summed E-state index contributed by atoms with van der Waals surface area (Å²) in [6, 6.07) is 11.6. The van der Waals surface area contributed by atoms with E-state index in [0.717, 1.165) is 17.7 Å². The standard InChI is InChI=1S/C26H34N4O8S2/c1-5-18(4)23(25(32)29-30-39(34,35)21-13-9-10-14-22(21)40(30,36)37)28-24(31)20(15-17(2)3)27-26(33)38-16-19-11-7-6-8-12-19/h6-14,17-18,20,23H,5,15-16H2,1-4H3,(H,27,33)(H,28,31)(H,29,32). The van der Waals surface area contributed by atoms with Crippen molar-refractivity contribution < 1.29 is 36.0 Å². The highest BCUT2D eigenvalue weighted by molar-refractivity contribution is 8.06. The second kappa shape index (κ2) is 12.8. The molecule has 0 bridgehead atoms. The number of sulfonamides is 2. The van der Waals surface area contributed by atoms with Crippen molar-refractivity contribution in [2.45, 2.75) is 69.0 Å². The van der Waals surface area contributed by atoms with Crippen LogP contribution in [0.4, 0.5) is 4.79 Å². The average molecular weight is 595 g/mol. The number of alkyl carbamates (subject to hydrolysis) is 1. The lowest BCUT2D eigenvalue weighted by Gasteiger charge is -2.28. The summed E-state index contributed by atoms with van der Waals surface area (Å²) in [5.74, 6) is -2.30. The average Bonchev–Trinajstić information content (AvgIpc) is 3.07. The van der Waals surface area contributed by atoms with Gasteiger partial charge in [-0.15, -0.1) is 0 Å². The van der Waals surface area contributed by atoms with Gasteiger partial charge in [-0.1, -0.05) is 76.6 Å². The van der Waals surface area contributed by atoms with Gasteiger partial charge in [0.2, 0.25) is 5.91 Å². The zero-order chi connectivity index (χ0) is 29.7. The van der Waals surface area contributed by atoms with Crippen molar-refractivity contribution in [2.75, 3.05) is 0 Å². The van der Waals surface area contributed by atoms with Crippen LogP contribution in [0.15, 0.2) is 64.4 Å². The first-order chi connectivity index (χ1) is 18.8. The number of fused-ring (bicyclic) bond motifs is 1. The molecule has 1 aliphatic rings. The van der Waals surface area contributed by atoms with Crippen molar-refractivity contribution in [3.05, 3.63) is 60.2 Å². The molecule has 1 aliphatic heterocycles. The molecular weight excluding hydrogens is 560 g/mol. The molecule has 0 aliphatic carbocycles. The number of rotatable bonds is 11. The van der Waals surface area contributed by atoms with Crippen molar-refractivity contribution in [1.29, 1.82) is 0 Å². The molecule has 2 aromatic carbocycles. The molecule has 0 saturated heterocycles. The van der Waals surface area contributed by atoms with Crippen LogP contribution in [0, 0.1) is 11.8 Å². The zero-order valence-corrected chi connectivity index (χ0v) is 24.3. The summed E-state index contributed by atoms with van der Waals surface area (Å²) in [7, 11) is -9.19. The van der Waals surface area contributed by atoms with Gasteiger partial charge < -0.3 is 15.4 Å². The highest BCUT2D eigenvalue weighted by Crippen LogP contribution is 2.34. The third-order valence-electron chi connectivity index (χ3n) is 6.36. The molecule has 0 radical (unpaired) electrons. The smallest absolute Gasteiger partial charge is 0.408 e. The normalized spacial score (nSPS) is 17.7. The third kappa shape index (κ3) is 6.98. The van der Waals surface area contributed by atoms with Crippen LogP contribution < -0.4 is 16.1 Å². The Bertz CT molecular complexity index is 1390. The van der Waals surface area contributed by atoms with Crippen LogP contribution in [0.2, 0.25) is 0 Å². The SMILES string of the molecule is CCC(C)C(NC(=O)C(CC(C)C)NC(=O)OCc1ccccc1)C(=O)NN1S(=O)(=O)c2ccccc2S1(=O)=O. The van der Waals surface area contributed by atoms with E-state index in [4.69, 9.17) is 4.74 Å². The van der Waals surface area contributed by atoms with Gasteiger partial charge in [-0.2, -0.15) is 0 Å². The second-order valence-corrected chi connectivity index (χ2v) is 13.6. The number of carbonyl (C=O) groups excluding carboxylic acids is 3. The maximum Gasteiger partial charge on any atom is 0.408 e. The van der Waals surface area contributed by atoms with Crippen molar-refractivity contribution in [3.8, 4) is 0 Å². The number of benzene rings is 2. The maximum absolute atomic E-state index is 13.3. The van der Waals surface area contributed by atoms with Crippen LogP contribution in [-0.2, 0) is 41.0 Å². The molecule has 0 spiro atoms. The zero-order valence-electron chi connectivity index (χ0n) is 22.7. The Balaban J connectivity index is 1.76. The fourth-order valence-electron chi connectivity index (χ4n) is 4.03. The van der Waals surface area contributed by atoms with Crippen molar-refractivity contribution in [2.24, 2.45) is 11.8 Å². The van der Waals surface area contributed by atoms with E-state index in [1.807, 2.05) is 25.3 Å². The van der Waals surface area contributed by atoms with Gasteiger partial charge in [0.25, 0.3) is 26.0 Å². The molecule has 3 rings (SSSR count). The summed E-state index contributed by atoms with van der Waals surface area (Å²) < 4.78 is 56.8. The third-order valence-corrected chi connectivity index (χ3v) is 10.6. The number of hydrogen-bond donors (Lipinski definition) is 3. The monoisotopic (exact) mass is 594 g/mol. The van der Waals surface area contributed by atoms with Crippen LogP contribution in [0.1, 0.15) is 46.1 Å². The molecule has 3 unspecified atom stereocenters. The molecular formula is C26H34N4O8S2. The van der Waals surface area contributed by atoms with E-state index in [1.54, 1.807) is 38.1 Å². The minimum Gasteiger partial charge on any atom is -0.445 e. The summed E-state index contributed by atoms with van der Waals surface area (Å²) in [5.41, 5.74) is 2.73. The molecule has 14 heteroatoms. The number of carbonyl (C=O) groups is 3. The predicted octanol–water partition coefficient (Wildman–Crippen LogP) is 2.28. The number of hydrazine groups is 1. The van der Waals surface area contributed by atoms with E-state index >= 15 is 0 Å². The highest BCUT2D eigenvalue weighted by atomic mass is 32.3. The number of amides is 3. The lowest BCUT2D eigenvalue weighted by Crippen LogP contribution is -2.59. The Hall–Kier alpha value is -3.49. The summed E-state index contributed by atoms with van der Waals surface area (Å²) >= 11 is 0. The Morgan fingerprint density at radius 2 is 1.38 bits per heavy atom. The molecule has 0 fully saturated rings. The van der Waals surface area contributed by atoms with Gasteiger partial charge in [-0.3, -0.25) is 15.0 Å². The van der Waals surface area contributed by atoms with E-state index in [-0.39, 0.29) is 22.8 Å². The number of hydrogen-bond acceptors (Lipinski definition) is 8. The largest absolute Gasteiger partial charge is 0.445 e. The summed E-state index contributed by atoms with van der Waals surface area (Å²) in [5, 5.41) is 5.09. The topological polar surface area (TPSA) is 168 Å². The first kappa shape index (κ1) is 31.0. The van der Waals surface area contributed by atoms with Gasteiger partial charge in [-0.05, 0) is 36.0 Å². The molecule has 0 aromatic heterocycles. The maximum atomic E-state index is 13.3. The summed E-state index contributed by atoms with van der Waals surface area (Å²) in [4.78, 5) is 38.1. The molecule has 40 heavy (non-hydrogen) atoms. The van der Waals surface area contributed by atoms with Crippen LogP contribution in [-0.4, -0.2) is 50.6 Å². The Morgan fingerprint density at radius 3 is 1.90 bits per heavy atom. The molecule has 3 amide bonds. The minimum absolute atomic E-state index is 0.0121. The van der Waals surface area contributed by atoms with Crippen LogP contribution in [0.5, 0.6) is 0 Å². The first-order valence-corrected chi connectivity index (χ1v) is 15.6. The second-order valence-electron chi connectivity index (χ2n) is 9.89. The van der Waals surface area contributed by atoms with Gasteiger partial charge in [0.15, 0.2) is 0 Å². The molecule has 12 nitrogen and oxygen atoms in total. The van der Waals surface area contributed by atoms with Gasteiger partial charge >= 0.3 is 6.09 Å². The summed E-state index contributed by atoms with van der Waals surface area (Å²) in [6.45, 7) is 7.07. The van der Waals surface area contributed by atoms with E-state index in [0.29, 0.717) is 6.42 Å². The van der Waals surface area contributed by atoms with Gasteiger partial charge in [-0.25, -0.2) is 21.6 Å². The van der Waals surface area contributed by atoms with Crippen molar-refractivity contribution >= 4 is 38.0 Å². The van der Waals surface area contributed by atoms with Gasteiger partial charge in [0, 0.05) is 3.82 Å². The van der Waals surface area contributed by atoms with E-state index < -0.39 is 65.7 Å². The Kier molecular flexibility index (Phi) is 9.92. The Morgan fingerprint density at radius 1 is 0.825 bits per heavy atom. The Labute approximate surface area is 234 Å². The molecule has 218 valence electrons. The molecule has 1 heterocycles. The van der Waals surface area contributed by atoms with Crippen molar-refractivity contribution in [1.82, 2.24) is 19.9 Å². The molecule has 3 atom stereocenters. The molecule has 3 N–H and O–H groups in total. The summed E-state index contributed by atoms with van der Waals surface area (Å²) in [6.07, 6.45) is -0.230. The number of nitrogens with one attached hydrogen (secondary N) is 3. The fourth-order valence-corrected chi connectivity index (χ4v) is 8.10. The minimum atomic E-state index is -4.59. The van der Waals surface area contributed by atoms with Crippen molar-refractivity contribution in [3.63, 3.8) is 0 Å². The van der Waals surface area contributed by atoms with Gasteiger partial charge in [0.05, 0.1) is 0 Å². The van der Waals surface area contributed by atoms with E-state index in [2.05, 4.69) is 10.6 Å². The first-order valence-electron chi connectivity index (χ1n) is 12.8. The van der Waals surface area contributed by atoms with Gasteiger partial charge in [0.1, 0.15) is 28.5 Å².